The predicted octanol–water partition coefficient (Wildman–Crippen LogP) is 5.47. The number of carbonyl (C=O) groups is 1. The minimum absolute atomic E-state index is 0.00644. The van der Waals surface area contributed by atoms with E-state index in [2.05, 4.69) is 10.3 Å². The highest BCUT2D eigenvalue weighted by Crippen LogP contribution is 2.34. The third-order valence-electron chi connectivity index (χ3n) is 3.99. The molecule has 2 aromatic carbocycles. The van der Waals surface area contributed by atoms with E-state index >= 15 is 0 Å². The summed E-state index contributed by atoms with van der Waals surface area (Å²) >= 11 is 5.88. The van der Waals surface area contributed by atoms with Crippen molar-refractivity contribution in [3.8, 4) is 0 Å². The monoisotopic (exact) mass is 384 g/mol. The summed E-state index contributed by atoms with van der Waals surface area (Å²) in [6.45, 7) is 1.73. The molecule has 0 saturated carbocycles. The summed E-state index contributed by atoms with van der Waals surface area (Å²) in [5, 5.41) is 2.93. The van der Waals surface area contributed by atoms with Crippen LogP contribution in [0.15, 0.2) is 36.4 Å². The summed E-state index contributed by atoms with van der Waals surface area (Å²) in [6, 6.07) is 6.85. The summed E-state index contributed by atoms with van der Waals surface area (Å²) in [7, 11) is 0. The molecule has 3 rings (SSSR count). The van der Waals surface area contributed by atoms with E-state index in [9.17, 15) is 22.4 Å². The fourth-order valence-electron chi connectivity index (χ4n) is 2.73. The third kappa shape index (κ3) is 3.67. The number of aromatic nitrogens is 1. The molecule has 1 aromatic heterocycles. The molecule has 3 nitrogen and oxygen atoms in total. The lowest BCUT2D eigenvalue weighted by atomic mass is 10.1. The van der Waals surface area contributed by atoms with Crippen molar-refractivity contribution < 1.29 is 22.4 Å². The average molecular weight is 385 g/mol. The van der Waals surface area contributed by atoms with E-state index in [4.69, 9.17) is 11.6 Å². The smallest absolute Gasteiger partial charge is 0.358 e. The Hall–Kier alpha value is -2.54. The molecule has 1 heterocycles. The van der Waals surface area contributed by atoms with Gasteiger partial charge in [0, 0.05) is 16.6 Å². The molecule has 0 aliphatic carbocycles. The number of anilines is 1. The first kappa shape index (κ1) is 18.3. The number of hydrogen-bond acceptors (Lipinski definition) is 1. The van der Waals surface area contributed by atoms with Crippen LogP contribution in [0.4, 0.5) is 23.2 Å². The van der Waals surface area contributed by atoms with E-state index in [1.807, 2.05) is 0 Å². The van der Waals surface area contributed by atoms with Crippen LogP contribution in [0, 0.1) is 12.7 Å². The molecule has 2 N–H and O–H groups in total. The lowest BCUT2D eigenvalue weighted by Gasteiger charge is -2.12. The zero-order chi connectivity index (χ0) is 19.1. The van der Waals surface area contributed by atoms with Crippen LogP contribution in [-0.4, -0.2) is 10.9 Å². The molecule has 0 radical (unpaired) electrons. The second-order valence-electron chi connectivity index (χ2n) is 5.84. The Labute approximate surface area is 151 Å². The van der Waals surface area contributed by atoms with Crippen molar-refractivity contribution in [2.45, 2.75) is 19.5 Å². The first-order chi connectivity index (χ1) is 12.1. The maximum atomic E-state index is 13.5. The van der Waals surface area contributed by atoms with Gasteiger partial charge in [0.2, 0.25) is 5.91 Å². The fourth-order valence-corrected chi connectivity index (χ4v) is 2.90. The molecule has 8 heteroatoms. The van der Waals surface area contributed by atoms with Crippen LogP contribution in [0.1, 0.15) is 16.8 Å². The van der Waals surface area contributed by atoms with Crippen molar-refractivity contribution in [1.82, 2.24) is 4.98 Å². The fraction of sp³-hybridized carbons (Fsp3) is 0.167. The van der Waals surface area contributed by atoms with Crippen molar-refractivity contribution in [2.24, 2.45) is 0 Å². The normalized spacial score (nSPS) is 11.8. The van der Waals surface area contributed by atoms with Gasteiger partial charge in [-0.25, -0.2) is 4.39 Å². The Morgan fingerprint density at radius 2 is 1.92 bits per heavy atom. The van der Waals surface area contributed by atoms with Gasteiger partial charge in [-0.2, -0.15) is 13.2 Å². The lowest BCUT2D eigenvalue weighted by molar-refractivity contribution is -0.137. The van der Waals surface area contributed by atoms with Crippen molar-refractivity contribution >= 4 is 34.1 Å². The number of nitrogens with one attached hydrogen (secondary N) is 2. The molecular weight excluding hydrogens is 372 g/mol. The number of hydrogen-bond donors (Lipinski definition) is 2. The van der Waals surface area contributed by atoms with Crippen LogP contribution >= 0.6 is 11.6 Å². The summed E-state index contributed by atoms with van der Waals surface area (Å²) in [5.41, 5.74) is 0.873. The SMILES string of the molecule is Cc1[nH]c2ccc(F)cc2c1CC(=O)Nc1cc(C(F)(F)F)ccc1Cl. The molecule has 0 fully saturated rings. The van der Waals surface area contributed by atoms with Crippen LogP contribution in [0.25, 0.3) is 10.9 Å². The van der Waals surface area contributed by atoms with E-state index in [1.165, 1.54) is 12.1 Å². The molecule has 0 spiro atoms. The van der Waals surface area contributed by atoms with Crippen LogP contribution < -0.4 is 5.32 Å². The van der Waals surface area contributed by atoms with E-state index in [0.29, 0.717) is 22.2 Å². The molecular formula is C18H13ClF4N2O. The van der Waals surface area contributed by atoms with Gasteiger partial charge in [-0.05, 0) is 48.9 Å². The number of halogens is 5. The van der Waals surface area contributed by atoms with Crippen molar-refractivity contribution in [3.63, 3.8) is 0 Å². The standard InChI is InChI=1S/C18H13ClF4N2O/c1-9-12(13-7-11(20)3-5-15(13)24-9)8-17(26)25-16-6-10(18(21,22)23)2-4-14(16)19/h2-7,24H,8H2,1H3,(H,25,26). The van der Waals surface area contributed by atoms with E-state index in [-0.39, 0.29) is 17.1 Å². The van der Waals surface area contributed by atoms with Gasteiger partial charge in [-0.15, -0.1) is 0 Å². The van der Waals surface area contributed by atoms with Gasteiger partial charge in [0.25, 0.3) is 0 Å². The Kier molecular flexibility index (Phi) is 4.66. The maximum Gasteiger partial charge on any atom is 0.416 e. The summed E-state index contributed by atoms with van der Waals surface area (Å²) in [4.78, 5) is 15.4. The molecule has 0 aliphatic rings. The zero-order valence-electron chi connectivity index (χ0n) is 13.5. The number of benzene rings is 2. The number of H-pyrrole nitrogens is 1. The van der Waals surface area contributed by atoms with E-state index < -0.39 is 23.5 Å². The van der Waals surface area contributed by atoms with Gasteiger partial charge < -0.3 is 10.3 Å². The van der Waals surface area contributed by atoms with Gasteiger partial charge in [0.15, 0.2) is 0 Å². The van der Waals surface area contributed by atoms with E-state index in [0.717, 1.165) is 18.2 Å². The van der Waals surface area contributed by atoms with Gasteiger partial charge in [-0.3, -0.25) is 4.79 Å². The van der Waals surface area contributed by atoms with Crippen LogP contribution in [-0.2, 0) is 17.4 Å². The first-order valence-electron chi connectivity index (χ1n) is 7.58. The number of amides is 1. The number of fused-ring (bicyclic) bond motifs is 1. The Morgan fingerprint density at radius 1 is 1.19 bits per heavy atom. The van der Waals surface area contributed by atoms with Gasteiger partial charge in [0.05, 0.1) is 22.7 Å². The molecule has 1 amide bonds. The quantitative estimate of drug-likeness (QED) is 0.578. The largest absolute Gasteiger partial charge is 0.416 e. The maximum absolute atomic E-state index is 13.5. The molecule has 26 heavy (non-hydrogen) atoms. The van der Waals surface area contributed by atoms with Crippen molar-refractivity contribution in [1.29, 1.82) is 0 Å². The zero-order valence-corrected chi connectivity index (χ0v) is 14.2. The first-order valence-corrected chi connectivity index (χ1v) is 7.96. The third-order valence-corrected chi connectivity index (χ3v) is 4.32. The molecule has 0 atom stereocenters. The van der Waals surface area contributed by atoms with Gasteiger partial charge in [0.1, 0.15) is 5.82 Å². The summed E-state index contributed by atoms with van der Waals surface area (Å²) < 4.78 is 51.9. The predicted molar refractivity (Wildman–Crippen MR) is 91.8 cm³/mol. The highest BCUT2D eigenvalue weighted by atomic mass is 35.5. The van der Waals surface area contributed by atoms with Crippen LogP contribution in [0.2, 0.25) is 5.02 Å². The van der Waals surface area contributed by atoms with Crippen molar-refractivity contribution in [2.75, 3.05) is 5.32 Å². The highest BCUT2D eigenvalue weighted by molar-refractivity contribution is 6.33. The van der Waals surface area contributed by atoms with Gasteiger partial charge in [-0.1, -0.05) is 11.6 Å². The number of aromatic amines is 1. The van der Waals surface area contributed by atoms with Gasteiger partial charge >= 0.3 is 6.18 Å². The Balaban J connectivity index is 1.86. The lowest BCUT2D eigenvalue weighted by Crippen LogP contribution is -2.16. The summed E-state index contributed by atoms with van der Waals surface area (Å²) in [5.74, 6) is -1.00. The average Bonchev–Trinajstić information content (AvgIpc) is 2.84. The number of rotatable bonds is 3. The molecule has 0 unspecified atom stereocenters. The molecule has 3 aromatic rings. The highest BCUT2D eigenvalue weighted by Gasteiger charge is 2.31. The second kappa shape index (κ2) is 6.64. The topological polar surface area (TPSA) is 44.9 Å². The Bertz CT molecular complexity index is 995. The molecule has 0 aliphatic heterocycles. The van der Waals surface area contributed by atoms with Crippen LogP contribution in [0.3, 0.4) is 0 Å². The number of aryl methyl sites for hydroxylation is 1. The number of alkyl halides is 3. The molecule has 0 bridgehead atoms. The summed E-state index contributed by atoms with van der Waals surface area (Å²) in [6.07, 6.45) is -4.68. The van der Waals surface area contributed by atoms with E-state index in [1.54, 1.807) is 13.0 Å². The molecule has 0 saturated heterocycles. The second-order valence-corrected chi connectivity index (χ2v) is 6.24. The Morgan fingerprint density at radius 3 is 2.62 bits per heavy atom. The minimum atomic E-state index is -4.55. The van der Waals surface area contributed by atoms with Crippen LogP contribution in [0.5, 0.6) is 0 Å². The van der Waals surface area contributed by atoms with Crippen molar-refractivity contribution in [3.05, 3.63) is 64.1 Å². The number of carbonyl (C=O) groups excluding carboxylic acids is 1. The molecule has 136 valence electrons. The minimum Gasteiger partial charge on any atom is -0.358 e.